The molecular formula is C17H20O2. The standard InChI is InChI=1S/C17H20O2/c1-12-9-13(2)14(3)17(10-12)19-11-16(18)15-7-5-4-6-8-15/h4-10,16,18H,11H2,1-3H3. The molecule has 2 nitrogen and oxygen atoms in total. The van der Waals surface area contributed by atoms with Crippen LogP contribution in [0.1, 0.15) is 28.4 Å². The number of hydrogen-bond donors (Lipinski definition) is 1. The molecule has 2 heteroatoms. The van der Waals surface area contributed by atoms with E-state index in [1.807, 2.05) is 50.2 Å². The number of benzene rings is 2. The van der Waals surface area contributed by atoms with Crippen molar-refractivity contribution in [1.29, 1.82) is 0 Å². The van der Waals surface area contributed by atoms with Crippen molar-refractivity contribution in [3.8, 4) is 5.75 Å². The molecule has 0 fully saturated rings. The van der Waals surface area contributed by atoms with Crippen molar-refractivity contribution in [2.45, 2.75) is 26.9 Å². The molecule has 2 aromatic rings. The average Bonchev–Trinajstić information content (AvgIpc) is 2.41. The summed E-state index contributed by atoms with van der Waals surface area (Å²) in [6.45, 7) is 6.43. The van der Waals surface area contributed by atoms with Gasteiger partial charge in [-0.25, -0.2) is 0 Å². The second-order valence-electron chi connectivity index (χ2n) is 4.94. The minimum Gasteiger partial charge on any atom is -0.490 e. The summed E-state index contributed by atoms with van der Waals surface area (Å²) in [7, 11) is 0. The van der Waals surface area contributed by atoms with E-state index in [1.54, 1.807) is 0 Å². The summed E-state index contributed by atoms with van der Waals surface area (Å²) in [6, 6.07) is 13.7. The second-order valence-corrected chi connectivity index (χ2v) is 4.94. The van der Waals surface area contributed by atoms with Gasteiger partial charge in [0.15, 0.2) is 0 Å². The second kappa shape index (κ2) is 5.89. The number of aliphatic hydroxyl groups is 1. The SMILES string of the molecule is Cc1cc(C)c(C)c(OCC(O)c2ccccc2)c1. The van der Waals surface area contributed by atoms with Crippen LogP contribution in [0.2, 0.25) is 0 Å². The largest absolute Gasteiger partial charge is 0.490 e. The first kappa shape index (κ1) is 13.6. The number of aliphatic hydroxyl groups excluding tert-OH is 1. The molecule has 2 rings (SSSR count). The highest BCUT2D eigenvalue weighted by atomic mass is 16.5. The van der Waals surface area contributed by atoms with E-state index in [2.05, 4.69) is 13.0 Å². The van der Waals surface area contributed by atoms with Gasteiger partial charge in [0.25, 0.3) is 0 Å². The van der Waals surface area contributed by atoms with Crippen LogP contribution >= 0.6 is 0 Å². The lowest BCUT2D eigenvalue weighted by molar-refractivity contribution is 0.108. The van der Waals surface area contributed by atoms with Crippen LogP contribution in [0.3, 0.4) is 0 Å². The van der Waals surface area contributed by atoms with Crippen LogP contribution in [0, 0.1) is 20.8 Å². The fourth-order valence-electron chi connectivity index (χ4n) is 2.09. The number of hydrogen-bond acceptors (Lipinski definition) is 2. The van der Waals surface area contributed by atoms with Crippen LogP contribution in [0.15, 0.2) is 42.5 Å². The molecule has 0 amide bonds. The van der Waals surface area contributed by atoms with Gasteiger partial charge in [-0.3, -0.25) is 0 Å². The molecule has 0 saturated carbocycles. The third-order valence-corrected chi connectivity index (χ3v) is 3.35. The highest BCUT2D eigenvalue weighted by Crippen LogP contribution is 2.24. The molecule has 0 bridgehead atoms. The van der Waals surface area contributed by atoms with Crippen LogP contribution < -0.4 is 4.74 Å². The molecule has 19 heavy (non-hydrogen) atoms. The third kappa shape index (κ3) is 3.36. The summed E-state index contributed by atoms with van der Waals surface area (Å²) in [4.78, 5) is 0. The summed E-state index contributed by atoms with van der Waals surface area (Å²) in [5, 5.41) is 10.1. The van der Waals surface area contributed by atoms with Crippen molar-refractivity contribution in [2.24, 2.45) is 0 Å². The number of aryl methyl sites for hydroxylation is 2. The van der Waals surface area contributed by atoms with Crippen LogP contribution in [0.25, 0.3) is 0 Å². The smallest absolute Gasteiger partial charge is 0.122 e. The molecule has 1 unspecified atom stereocenters. The van der Waals surface area contributed by atoms with Gasteiger partial charge >= 0.3 is 0 Å². The Bertz CT molecular complexity index is 547. The van der Waals surface area contributed by atoms with Gasteiger partial charge in [0.05, 0.1) is 0 Å². The van der Waals surface area contributed by atoms with Gasteiger partial charge < -0.3 is 9.84 Å². The molecule has 0 aliphatic carbocycles. The van der Waals surface area contributed by atoms with Gasteiger partial charge in [0.2, 0.25) is 0 Å². The monoisotopic (exact) mass is 256 g/mol. The van der Waals surface area contributed by atoms with Crippen LogP contribution in [-0.2, 0) is 0 Å². The maximum absolute atomic E-state index is 10.1. The quantitative estimate of drug-likeness (QED) is 0.903. The predicted molar refractivity (Wildman–Crippen MR) is 77.5 cm³/mol. The first-order chi connectivity index (χ1) is 9.08. The van der Waals surface area contributed by atoms with Crippen LogP contribution in [-0.4, -0.2) is 11.7 Å². The minimum atomic E-state index is -0.596. The molecule has 1 N–H and O–H groups in total. The maximum atomic E-state index is 10.1. The molecule has 0 saturated heterocycles. The van der Waals surface area contributed by atoms with Crippen LogP contribution in [0.4, 0.5) is 0 Å². The Morgan fingerprint density at radius 3 is 2.42 bits per heavy atom. The molecule has 0 spiro atoms. The van der Waals surface area contributed by atoms with E-state index in [0.29, 0.717) is 0 Å². The lowest BCUT2D eigenvalue weighted by Crippen LogP contribution is -2.10. The topological polar surface area (TPSA) is 29.5 Å². The fourth-order valence-corrected chi connectivity index (χ4v) is 2.09. The van der Waals surface area contributed by atoms with Crippen molar-refractivity contribution >= 4 is 0 Å². The molecule has 100 valence electrons. The molecule has 0 aromatic heterocycles. The van der Waals surface area contributed by atoms with Crippen molar-refractivity contribution < 1.29 is 9.84 Å². The maximum Gasteiger partial charge on any atom is 0.122 e. The lowest BCUT2D eigenvalue weighted by Gasteiger charge is -2.16. The van der Waals surface area contributed by atoms with Crippen LogP contribution in [0.5, 0.6) is 5.75 Å². The predicted octanol–water partition coefficient (Wildman–Crippen LogP) is 3.72. The van der Waals surface area contributed by atoms with Crippen molar-refractivity contribution in [3.05, 3.63) is 64.7 Å². The highest BCUT2D eigenvalue weighted by Gasteiger charge is 2.10. The molecule has 0 aliphatic heterocycles. The van der Waals surface area contributed by atoms with Gasteiger partial charge in [-0.05, 0) is 49.1 Å². The summed E-state index contributed by atoms with van der Waals surface area (Å²) in [5.74, 6) is 0.854. The van der Waals surface area contributed by atoms with E-state index in [9.17, 15) is 5.11 Å². The Labute approximate surface area is 114 Å². The van der Waals surface area contributed by atoms with E-state index < -0.39 is 6.10 Å². The van der Waals surface area contributed by atoms with E-state index in [-0.39, 0.29) is 6.61 Å². The van der Waals surface area contributed by atoms with E-state index in [0.717, 1.165) is 16.9 Å². The molecule has 0 heterocycles. The van der Waals surface area contributed by atoms with E-state index in [4.69, 9.17) is 4.74 Å². The van der Waals surface area contributed by atoms with Gasteiger partial charge in [0, 0.05) is 0 Å². The first-order valence-electron chi connectivity index (χ1n) is 6.51. The minimum absolute atomic E-state index is 0.272. The summed E-state index contributed by atoms with van der Waals surface area (Å²) < 4.78 is 5.76. The normalized spacial score (nSPS) is 12.2. The van der Waals surface area contributed by atoms with Crippen molar-refractivity contribution in [1.82, 2.24) is 0 Å². The average molecular weight is 256 g/mol. The van der Waals surface area contributed by atoms with E-state index >= 15 is 0 Å². The summed E-state index contributed by atoms with van der Waals surface area (Å²) in [5.41, 5.74) is 4.40. The first-order valence-corrected chi connectivity index (χ1v) is 6.51. The summed E-state index contributed by atoms with van der Waals surface area (Å²) >= 11 is 0. The highest BCUT2D eigenvalue weighted by molar-refractivity contribution is 5.42. The summed E-state index contributed by atoms with van der Waals surface area (Å²) in [6.07, 6.45) is -0.596. The Kier molecular flexibility index (Phi) is 4.23. The van der Waals surface area contributed by atoms with Gasteiger partial charge in [-0.15, -0.1) is 0 Å². The zero-order chi connectivity index (χ0) is 13.8. The lowest BCUT2D eigenvalue weighted by atomic mass is 10.1. The van der Waals surface area contributed by atoms with Gasteiger partial charge in [0.1, 0.15) is 18.5 Å². The Hall–Kier alpha value is -1.80. The number of ether oxygens (including phenoxy) is 1. The van der Waals surface area contributed by atoms with Gasteiger partial charge in [-0.1, -0.05) is 36.4 Å². The zero-order valence-corrected chi connectivity index (χ0v) is 11.7. The molecule has 0 aliphatic rings. The number of rotatable bonds is 4. The van der Waals surface area contributed by atoms with Crippen molar-refractivity contribution in [3.63, 3.8) is 0 Å². The Morgan fingerprint density at radius 1 is 1.05 bits per heavy atom. The Balaban J connectivity index is 2.07. The molecule has 1 atom stereocenters. The Morgan fingerprint density at radius 2 is 1.74 bits per heavy atom. The molecule has 2 aromatic carbocycles. The van der Waals surface area contributed by atoms with Crippen molar-refractivity contribution in [2.75, 3.05) is 6.61 Å². The van der Waals surface area contributed by atoms with E-state index in [1.165, 1.54) is 11.1 Å². The molecule has 0 radical (unpaired) electrons. The fraction of sp³-hybridized carbons (Fsp3) is 0.294. The zero-order valence-electron chi connectivity index (χ0n) is 11.7. The third-order valence-electron chi connectivity index (χ3n) is 3.35. The molecular weight excluding hydrogens is 236 g/mol. The van der Waals surface area contributed by atoms with Gasteiger partial charge in [-0.2, -0.15) is 0 Å².